The predicted molar refractivity (Wildman–Crippen MR) is 70.4 cm³/mol. The lowest BCUT2D eigenvalue weighted by molar-refractivity contribution is 0.151. The summed E-state index contributed by atoms with van der Waals surface area (Å²) in [5.74, 6) is 1.21. The summed E-state index contributed by atoms with van der Waals surface area (Å²) in [6, 6.07) is 17.4. The summed E-state index contributed by atoms with van der Waals surface area (Å²) < 4.78 is 5.61. The number of para-hydroxylation sites is 1. The van der Waals surface area contributed by atoms with E-state index >= 15 is 0 Å². The average Bonchev–Trinajstić information content (AvgIpc) is 2.75. The minimum atomic E-state index is -0.623. The second kappa shape index (κ2) is 4.31. The molecule has 2 heteroatoms. The summed E-state index contributed by atoms with van der Waals surface area (Å²) in [5.41, 5.74) is 1.88. The third kappa shape index (κ3) is 1.71. The van der Waals surface area contributed by atoms with Crippen LogP contribution in [0.3, 0.4) is 0 Å². The van der Waals surface area contributed by atoms with Gasteiger partial charge in [0.1, 0.15) is 11.5 Å². The van der Waals surface area contributed by atoms with Crippen molar-refractivity contribution in [1.82, 2.24) is 0 Å². The fourth-order valence-electron chi connectivity index (χ4n) is 2.40. The van der Waals surface area contributed by atoms with Gasteiger partial charge >= 0.3 is 0 Å². The molecule has 1 N–H and O–H groups in total. The molecule has 90 valence electrons. The summed E-state index contributed by atoms with van der Waals surface area (Å²) in [6.45, 7) is 3.91. The Kier molecular flexibility index (Phi) is 2.65. The first-order chi connectivity index (χ1) is 8.77. The molecule has 1 aliphatic rings. The minimum Gasteiger partial charge on any atom is -0.461 e. The van der Waals surface area contributed by atoms with Crippen LogP contribution in [0.5, 0.6) is 5.75 Å². The van der Waals surface area contributed by atoms with Gasteiger partial charge in [0.05, 0.1) is 12.0 Å². The first-order valence-electron chi connectivity index (χ1n) is 5.96. The summed E-state index contributed by atoms with van der Waals surface area (Å²) in [5, 5.41) is 10.5. The predicted octanol–water partition coefficient (Wildman–Crippen LogP) is 3.41. The Labute approximate surface area is 106 Å². The number of aliphatic hydroxyl groups excluding tert-OH is 1. The molecule has 3 rings (SSSR count). The van der Waals surface area contributed by atoms with Gasteiger partial charge < -0.3 is 9.84 Å². The maximum Gasteiger partial charge on any atom is 0.130 e. The summed E-state index contributed by atoms with van der Waals surface area (Å²) in [7, 11) is 0. The molecule has 1 aliphatic heterocycles. The first kappa shape index (κ1) is 11.1. The molecule has 0 saturated heterocycles. The van der Waals surface area contributed by atoms with Crippen LogP contribution in [-0.2, 0) is 0 Å². The molecule has 0 saturated carbocycles. The van der Waals surface area contributed by atoms with Gasteiger partial charge in [-0.15, -0.1) is 0 Å². The smallest absolute Gasteiger partial charge is 0.130 e. The molecule has 0 aliphatic carbocycles. The van der Waals surface area contributed by atoms with Crippen molar-refractivity contribution >= 4 is 0 Å². The third-order valence-corrected chi connectivity index (χ3v) is 3.30. The Morgan fingerprint density at radius 2 is 1.67 bits per heavy atom. The normalized spacial score (nSPS) is 19.2. The van der Waals surface area contributed by atoms with E-state index in [4.69, 9.17) is 4.74 Å². The number of aliphatic hydroxyl groups is 1. The van der Waals surface area contributed by atoms with Crippen LogP contribution in [0.25, 0.3) is 0 Å². The second-order valence-electron chi connectivity index (χ2n) is 4.44. The van der Waals surface area contributed by atoms with Gasteiger partial charge in [-0.05, 0) is 11.6 Å². The van der Waals surface area contributed by atoms with Crippen molar-refractivity contribution in [2.75, 3.05) is 0 Å². The van der Waals surface area contributed by atoms with Gasteiger partial charge in [-0.3, -0.25) is 0 Å². The van der Waals surface area contributed by atoms with E-state index in [2.05, 4.69) is 6.58 Å². The van der Waals surface area contributed by atoms with Crippen LogP contribution in [0, 0.1) is 0 Å². The van der Waals surface area contributed by atoms with Crippen LogP contribution < -0.4 is 4.74 Å². The van der Waals surface area contributed by atoms with Gasteiger partial charge in [-0.25, -0.2) is 0 Å². The summed E-state index contributed by atoms with van der Waals surface area (Å²) in [4.78, 5) is 0. The van der Waals surface area contributed by atoms with Crippen LogP contribution >= 0.6 is 0 Å². The Balaban J connectivity index is 2.00. The van der Waals surface area contributed by atoms with Crippen molar-refractivity contribution in [3.05, 3.63) is 78.1 Å². The lowest BCUT2D eigenvalue weighted by Gasteiger charge is -2.18. The second-order valence-corrected chi connectivity index (χ2v) is 4.44. The first-order valence-corrected chi connectivity index (χ1v) is 5.96. The van der Waals surface area contributed by atoms with Crippen molar-refractivity contribution in [2.45, 2.75) is 12.0 Å². The minimum absolute atomic E-state index is 0.191. The average molecular weight is 238 g/mol. The highest BCUT2D eigenvalue weighted by molar-refractivity contribution is 5.47. The molecule has 2 atom stereocenters. The largest absolute Gasteiger partial charge is 0.461 e. The quantitative estimate of drug-likeness (QED) is 0.868. The van der Waals surface area contributed by atoms with Crippen LogP contribution in [0.1, 0.15) is 23.1 Å². The van der Waals surface area contributed by atoms with E-state index in [0.717, 1.165) is 16.9 Å². The van der Waals surface area contributed by atoms with Crippen LogP contribution in [0.15, 0.2) is 66.9 Å². The van der Waals surface area contributed by atoms with Crippen LogP contribution in [0.2, 0.25) is 0 Å². The van der Waals surface area contributed by atoms with Crippen molar-refractivity contribution in [3.8, 4) is 5.75 Å². The molecular weight excluding hydrogens is 224 g/mol. The molecule has 1 heterocycles. The maximum absolute atomic E-state index is 10.5. The lowest BCUT2D eigenvalue weighted by Crippen LogP contribution is -2.10. The van der Waals surface area contributed by atoms with Crippen molar-refractivity contribution in [3.63, 3.8) is 0 Å². The Bertz CT molecular complexity index is 575. The molecule has 2 aromatic carbocycles. The molecule has 0 fully saturated rings. The molecule has 18 heavy (non-hydrogen) atoms. The standard InChI is InChI=1S/C16H14O2/c1-11-15(13-9-5-6-10-14(13)18-11)16(17)12-7-3-2-4-8-12/h2-10,15-17H,1H2/t15-,16?/m0/s1. The fourth-order valence-corrected chi connectivity index (χ4v) is 2.40. The van der Waals surface area contributed by atoms with Gasteiger partial charge in [-0.2, -0.15) is 0 Å². The van der Waals surface area contributed by atoms with E-state index in [0.29, 0.717) is 5.76 Å². The van der Waals surface area contributed by atoms with Crippen LogP contribution in [-0.4, -0.2) is 5.11 Å². The molecule has 1 unspecified atom stereocenters. The molecule has 2 nitrogen and oxygen atoms in total. The summed E-state index contributed by atoms with van der Waals surface area (Å²) in [6.07, 6.45) is -0.623. The molecular formula is C16H14O2. The van der Waals surface area contributed by atoms with E-state index in [9.17, 15) is 5.11 Å². The Hall–Kier alpha value is -2.06. The molecule has 0 amide bonds. The van der Waals surface area contributed by atoms with Gasteiger partial charge in [0.2, 0.25) is 0 Å². The zero-order valence-corrected chi connectivity index (χ0v) is 9.91. The van der Waals surface area contributed by atoms with Gasteiger partial charge in [-0.1, -0.05) is 55.1 Å². The van der Waals surface area contributed by atoms with E-state index < -0.39 is 6.10 Å². The monoisotopic (exact) mass is 238 g/mol. The molecule has 0 aromatic heterocycles. The Morgan fingerprint density at radius 3 is 2.44 bits per heavy atom. The Morgan fingerprint density at radius 1 is 1.00 bits per heavy atom. The van der Waals surface area contributed by atoms with E-state index in [1.165, 1.54) is 0 Å². The maximum atomic E-state index is 10.5. The number of fused-ring (bicyclic) bond motifs is 1. The van der Waals surface area contributed by atoms with Crippen molar-refractivity contribution < 1.29 is 9.84 Å². The van der Waals surface area contributed by atoms with E-state index in [1.54, 1.807) is 0 Å². The van der Waals surface area contributed by atoms with Gasteiger partial charge in [0.25, 0.3) is 0 Å². The van der Waals surface area contributed by atoms with Crippen molar-refractivity contribution in [2.24, 2.45) is 0 Å². The fraction of sp³-hybridized carbons (Fsp3) is 0.125. The van der Waals surface area contributed by atoms with Crippen LogP contribution in [0.4, 0.5) is 0 Å². The van der Waals surface area contributed by atoms with E-state index in [-0.39, 0.29) is 5.92 Å². The highest BCUT2D eigenvalue weighted by atomic mass is 16.5. The SMILES string of the molecule is C=C1Oc2ccccc2[C@H]1C(O)c1ccccc1. The third-order valence-electron chi connectivity index (χ3n) is 3.30. The molecule has 0 bridgehead atoms. The highest BCUT2D eigenvalue weighted by Gasteiger charge is 2.34. The van der Waals surface area contributed by atoms with Gasteiger partial charge in [0, 0.05) is 5.56 Å². The molecule has 0 radical (unpaired) electrons. The summed E-state index contributed by atoms with van der Waals surface area (Å²) >= 11 is 0. The number of hydrogen-bond donors (Lipinski definition) is 1. The number of ether oxygens (including phenoxy) is 1. The zero-order valence-electron chi connectivity index (χ0n) is 9.91. The number of hydrogen-bond acceptors (Lipinski definition) is 2. The molecule has 0 spiro atoms. The highest BCUT2D eigenvalue weighted by Crippen LogP contribution is 2.46. The van der Waals surface area contributed by atoms with E-state index in [1.807, 2.05) is 54.6 Å². The topological polar surface area (TPSA) is 29.5 Å². The molecule has 2 aromatic rings. The number of rotatable bonds is 2. The van der Waals surface area contributed by atoms with Crippen molar-refractivity contribution in [1.29, 1.82) is 0 Å². The lowest BCUT2D eigenvalue weighted by atomic mass is 9.89. The zero-order chi connectivity index (χ0) is 12.5. The van der Waals surface area contributed by atoms with Gasteiger partial charge in [0.15, 0.2) is 0 Å². The number of benzene rings is 2.